The summed E-state index contributed by atoms with van der Waals surface area (Å²) < 4.78 is 43.7. The van der Waals surface area contributed by atoms with Gasteiger partial charge in [0.1, 0.15) is 5.75 Å². The van der Waals surface area contributed by atoms with Crippen molar-refractivity contribution in [2.24, 2.45) is 0 Å². The zero-order valence-electron chi connectivity index (χ0n) is 13.9. The molecule has 2 aromatic carbocycles. The van der Waals surface area contributed by atoms with E-state index < -0.39 is 23.8 Å². The molecule has 2 aromatic rings. The summed E-state index contributed by atoms with van der Waals surface area (Å²) in [5.41, 5.74) is 0.839. The van der Waals surface area contributed by atoms with Crippen LogP contribution < -0.4 is 10.1 Å². The molecule has 0 bridgehead atoms. The van der Waals surface area contributed by atoms with E-state index in [0.29, 0.717) is 10.8 Å². The van der Waals surface area contributed by atoms with Crippen molar-refractivity contribution in [2.75, 3.05) is 5.32 Å². The van der Waals surface area contributed by atoms with Crippen molar-refractivity contribution in [3.05, 3.63) is 58.1 Å². The minimum absolute atomic E-state index is 0.0544. The van der Waals surface area contributed by atoms with E-state index in [9.17, 15) is 18.0 Å². The number of carbonyl (C=O) groups is 1. The lowest BCUT2D eigenvalue weighted by atomic mass is 10.1. The molecule has 134 valence electrons. The average Bonchev–Trinajstić information content (AvgIpc) is 2.52. The number of nitrogens with one attached hydrogen (secondary N) is 1. The van der Waals surface area contributed by atoms with Gasteiger partial charge in [-0.15, -0.1) is 0 Å². The second-order valence-corrected chi connectivity index (χ2v) is 6.08. The van der Waals surface area contributed by atoms with E-state index in [1.54, 1.807) is 12.1 Å². The van der Waals surface area contributed by atoms with E-state index in [1.807, 2.05) is 13.8 Å². The first-order valence-electron chi connectivity index (χ1n) is 7.49. The number of alkyl halides is 3. The molecule has 0 spiro atoms. The Balaban J connectivity index is 2.08. The van der Waals surface area contributed by atoms with Gasteiger partial charge < -0.3 is 10.1 Å². The molecule has 2 rings (SSSR count). The Morgan fingerprint density at radius 2 is 1.76 bits per heavy atom. The smallest absolute Gasteiger partial charge is 0.416 e. The second kappa shape index (κ2) is 7.35. The van der Waals surface area contributed by atoms with Crippen LogP contribution in [-0.2, 0) is 11.0 Å². The van der Waals surface area contributed by atoms with Gasteiger partial charge >= 0.3 is 6.18 Å². The lowest BCUT2D eigenvalue weighted by molar-refractivity contribution is -0.137. The first-order chi connectivity index (χ1) is 11.6. The molecule has 1 atom stereocenters. The Morgan fingerprint density at radius 3 is 2.32 bits per heavy atom. The number of halogens is 4. The molecule has 1 N–H and O–H groups in total. The highest BCUT2D eigenvalue weighted by molar-refractivity contribution is 6.32. The molecule has 0 saturated carbocycles. The Labute approximate surface area is 148 Å². The predicted molar refractivity (Wildman–Crippen MR) is 91.1 cm³/mol. The van der Waals surface area contributed by atoms with E-state index in [4.69, 9.17) is 16.3 Å². The van der Waals surface area contributed by atoms with Crippen molar-refractivity contribution >= 4 is 23.2 Å². The van der Waals surface area contributed by atoms with Crippen molar-refractivity contribution in [1.82, 2.24) is 0 Å². The summed E-state index contributed by atoms with van der Waals surface area (Å²) >= 11 is 6.08. The zero-order chi connectivity index (χ0) is 18.8. The van der Waals surface area contributed by atoms with Crippen LogP contribution >= 0.6 is 11.6 Å². The fraction of sp³-hybridized carbons (Fsp3) is 0.278. The Morgan fingerprint density at radius 1 is 1.16 bits per heavy atom. The van der Waals surface area contributed by atoms with Crippen molar-refractivity contribution in [1.29, 1.82) is 0 Å². The van der Waals surface area contributed by atoms with E-state index in [-0.39, 0.29) is 5.69 Å². The van der Waals surface area contributed by atoms with Crippen LogP contribution in [0.25, 0.3) is 0 Å². The fourth-order valence-electron chi connectivity index (χ4n) is 2.25. The van der Waals surface area contributed by atoms with Gasteiger partial charge in [-0.25, -0.2) is 0 Å². The van der Waals surface area contributed by atoms with E-state index in [0.717, 1.165) is 23.3 Å². The third kappa shape index (κ3) is 4.89. The van der Waals surface area contributed by atoms with Gasteiger partial charge in [-0.1, -0.05) is 17.7 Å². The number of benzene rings is 2. The number of aryl methyl sites for hydroxylation is 2. The highest BCUT2D eigenvalue weighted by Crippen LogP contribution is 2.31. The molecule has 0 aliphatic rings. The van der Waals surface area contributed by atoms with Gasteiger partial charge in [-0.3, -0.25) is 4.79 Å². The maximum atomic E-state index is 12.7. The lowest BCUT2D eigenvalue weighted by Gasteiger charge is -2.17. The average molecular weight is 372 g/mol. The number of ether oxygens (including phenoxy) is 1. The van der Waals surface area contributed by atoms with Gasteiger partial charge in [0, 0.05) is 10.7 Å². The summed E-state index contributed by atoms with van der Waals surface area (Å²) in [6, 6.07) is 7.83. The monoisotopic (exact) mass is 371 g/mol. The van der Waals surface area contributed by atoms with Gasteiger partial charge in [0.25, 0.3) is 5.91 Å². The van der Waals surface area contributed by atoms with Crippen molar-refractivity contribution in [3.63, 3.8) is 0 Å². The molecule has 7 heteroatoms. The molecule has 25 heavy (non-hydrogen) atoms. The summed E-state index contributed by atoms with van der Waals surface area (Å²) in [4.78, 5) is 12.2. The fourth-order valence-corrected chi connectivity index (χ4v) is 2.36. The van der Waals surface area contributed by atoms with Crippen LogP contribution in [-0.4, -0.2) is 12.0 Å². The molecule has 0 aromatic heterocycles. The standard InChI is InChI=1S/C18H17ClF3NO2/c1-10-7-15(8-11(2)16(10)19)25-12(3)17(24)23-14-6-4-5-13(9-14)18(20,21)22/h4-9,12H,1-3H3,(H,23,24)/t12-/m1/s1. The molecule has 0 saturated heterocycles. The third-order valence-electron chi connectivity index (χ3n) is 3.55. The van der Waals surface area contributed by atoms with Crippen molar-refractivity contribution in [2.45, 2.75) is 33.1 Å². The van der Waals surface area contributed by atoms with Gasteiger partial charge in [-0.05, 0) is 62.2 Å². The Bertz CT molecular complexity index is 767. The highest BCUT2D eigenvalue weighted by atomic mass is 35.5. The third-order valence-corrected chi connectivity index (χ3v) is 4.15. The maximum absolute atomic E-state index is 12.7. The first kappa shape index (κ1) is 19.1. The number of hydrogen-bond acceptors (Lipinski definition) is 2. The summed E-state index contributed by atoms with van der Waals surface area (Å²) in [5.74, 6) is -0.0873. The van der Waals surface area contributed by atoms with Crippen molar-refractivity contribution in [3.8, 4) is 5.75 Å². The van der Waals surface area contributed by atoms with Gasteiger partial charge in [0.15, 0.2) is 6.10 Å². The minimum Gasteiger partial charge on any atom is -0.481 e. The second-order valence-electron chi connectivity index (χ2n) is 5.70. The number of hydrogen-bond donors (Lipinski definition) is 1. The number of rotatable bonds is 4. The van der Waals surface area contributed by atoms with Crippen LogP contribution in [0.15, 0.2) is 36.4 Å². The largest absolute Gasteiger partial charge is 0.481 e. The van der Waals surface area contributed by atoms with Gasteiger partial charge in [0.2, 0.25) is 0 Å². The number of carbonyl (C=O) groups excluding carboxylic acids is 1. The molecule has 0 radical (unpaired) electrons. The Kier molecular flexibility index (Phi) is 5.62. The van der Waals surface area contributed by atoms with Gasteiger partial charge in [-0.2, -0.15) is 13.2 Å². The normalized spacial score (nSPS) is 12.6. The summed E-state index contributed by atoms with van der Waals surface area (Å²) in [6.45, 7) is 5.15. The van der Waals surface area contributed by atoms with Crippen LogP contribution in [0.2, 0.25) is 5.02 Å². The van der Waals surface area contributed by atoms with Crippen LogP contribution in [0, 0.1) is 13.8 Å². The molecule has 0 aliphatic carbocycles. The van der Waals surface area contributed by atoms with Crippen LogP contribution in [0.4, 0.5) is 18.9 Å². The highest BCUT2D eigenvalue weighted by Gasteiger charge is 2.30. The predicted octanol–water partition coefficient (Wildman–Crippen LogP) is 5.38. The molecule has 3 nitrogen and oxygen atoms in total. The molecular weight excluding hydrogens is 355 g/mol. The molecule has 0 heterocycles. The minimum atomic E-state index is -4.47. The summed E-state index contributed by atoms with van der Waals surface area (Å²) in [6.07, 6.45) is -5.36. The molecular formula is C18H17ClF3NO2. The van der Waals surface area contributed by atoms with Crippen LogP contribution in [0.1, 0.15) is 23.6 Å². The molecule has 1 amide bonds. The van der Waals surface area contributed by atoms with E-state index in [1.165, 1.54) is 19.1 Å². The topological polar surface area (TPSA) is 38.3 Å². The SMILES string of the molecule is Cc1cc(O[C@H](C)C(=O)Nc2cccc(C(F)(F)F)c2)cc(C)c1Cl. The molecule has 0 unspecified atom stereocenters. The van der Waals surface area contributed by atoms with Gasteiger partial charge in [0.05, 0.1) is 5.56 Å². The first-order valence-corrected chi connectivity index (χ1v) is 7.87. The number of amides is 1. The molecule has 0 aliphatic heterocycles. The molecule has 0 fully saturated rings. The summed E-state index contributed by atoms with van der Waals surface area (Å²) in [7, 11) is 0. The van der Waals surface area contributed by atoms with E-state index in [2.05, 4.69) is 5.32 Å². The van der Waals surface area contributed by atoms with Crippen molar-refractivity contribution < 1.29 is 22.7 Å². The van der Waals surface area contributed by atoms with Crippen LogP contribution in [0.5, 0.6) is 5.75 Å². The van der Waals surface area contributed by atoms with E-state index >= 15 is 0 Å². The maximum Gasteiger partial charge on any atom is 0.416 e. The summed E-state index contributed by atoms with van der Waals surface area (Å²) in [5, 5.41) is 3.04. The zero-order valence-corrected chi connectivity index (χ0v) is 14.6. The Hall–Kier alpha value is -2.21. The van der Waals surface area contributed by atoms with Crippen LogP contribution in [0.3, 0.4) is 0 Å². The quantitative estimate of drug-likeness (QED) is 0.783. The lowest BCUT2D eigenvalue weighted by Crippen LogP contribution is -2.30. The number of anilines is 1.